The number of rotatable bonds is 6. The third-order valence-electron chi connectivity index (χ3n) is 4.25. The molecular weight excluding hydrogens is 326 g/mol. The largest absolute Gasteiger partial charge is 0.465 e. The van der Waals surface area contributed by atoms with E-state index in [-0.39, 0.29) is 18.9 Å². The summed E-state index contributed by atoms with van der Waals surface area (Å²) in [5.74, 6) is -1.11. The number of nitrogens with two attached hydrogens (primary N) is 1. The summed E-state index contributed by atoms with van der Waals surface area (Å²) >= 11 is 5.99. The van der Waals surface area contributed by atoms with Gasteiger partial charge in [-0.05, 0) is 24.6 Å². The van der Waals surface area contributed by atoms with Crippen molar-refractivity contribution in [2.75, 3.05) is 18.9 Å². The Morgan fingerprint density at radius 3 is 2.59 bits per heavy atom. The van der Waals surface area contributed by atoms with E-state index in [9.17, 15) is 13.2 Å². The van der Waals surface area contributed by atoms with Crippen LogP contribution in [0.5, 0.6) is 0 Å². The van der Waals surface area contributed by atoms with E-state index in [1.54, 1.807) is 38.1 Å². The lowest BCUT2D eigenvalue weighted by Crippen LogP contribution is -2.34. The molecule has 5 nitrogen and oxygen atoms in total. The minimum atomic E-state index is -3.44. The van der Waals surface area contributed by atoms with Crippen LogP contribution in [0.3, 0.4) is 0 Å². The fraction of sp³-hybridized carbons (Fsp3) is 0.533. The smallest absolute Gasteiger partial charge is 0.315 e. The molecule has 0 heterocycles. The minimum Gasteiger partial charge on any atom is -0.465 e. The van der Waals surface area contributed by atoms with Gasteiger partial charge >= 0.3 is 5.97 Å². The van der Waals surface area contributed by atoms with Crippen LogP contribution in [0.4, 0.5) is 0 Å². The number of ether oxygens (including phenoxy) is 1. The van der Waals surface area contributed by atoms with Gasteiger partial charge in [-0.1, -0.05) is 30.7 Å². The first-order chi connectivity index (χ1) is 10.3. The standard InChI is InChI=1S/C15H20ClNO4S/c1-3-21-14(18)15(9-17)12(13(15)22(19,20)4-2)10-6-5-7-11(16)8-10/h5-8,12-13H,3-4,9,17H2,1-2H3. The van der Waals surface area contributed by atoms with Gasteiger partial charge in [0.15, 0.2) is 9.84 Å². The maximum Gasteiger partial charge on any atom is 0.315 e. The lowest BCUT2D eigenvalue weighted by Gasteiger charge is -2.14. The Morgan fingerprint density at radius 2 is 2.09 bits per heavy atom. The van der Waals surface area contributed by atoms with Crippen LogP contribution < -0.4 is 5.73 Å². The average Bonchev–Trinajstić information content (AvgIpc) is 3.19. The van der Waals surface area contributed by atoms with Crippen molar-refractivity contribution in [3.63, 3.8) is 0 Å². The summed E-state index contributed by atoms with van der Waals surface area (Å²) in [6, 6.07) is 6.88. The Balaban J connectivity index is 2.52. The first-order valence-electron chi connectivity index (χ1n) is 7.19. The van der Waals surface area contributed by atoms with Crippen molar-refractivity contribution >= 4 is 27.4 Å². The number of hydrogen-bond donors (Lipinski definition) is 1. The molecule has 0 bridgehead atoms. The minimum absolute atomic E-state index is 0.0457. The number of esters is 1. The van der Waals surface area contributed by atoms with E-state index < -0.39 is 32.4 Å². The first kappa shape index (κ1) is 17.2. The van der Waals surface area contributed by atoms with Gasteiger partial charge < -0.3 is 10.5 Å². The molecule has 1 aromatic carbocycles. The lowest BCUT2D eigenvalue weighted by atomic mass is 9.99. The van der Waals surface area contributed by atoms with Gasteiger partial charge in [0.1, 0.15) is 5.41 Å². The predicted octanol–water partition coefficient (Wildman–Crippen LogP) is 1.75. The molecule has 0 aromatic heterocycles. The van der Waals surface area contributed by atoms with Gasteiger partial charge in [0.2, 0.25) is 0 Å². The molecule has 1 aromatic rings. The number of hydrogen-bond acceptors (Lipinski definition) is 5. The summed E-state index contributed by atoms with van der Waals surface area (Å²) in [6.07, 6.45) is 0. The van der Waals surface area contributed by atoms with Crippen LogP contribution in [0.1, 0.15) is 25.3 Å². The third-order valence-corrected chi connectivity index (χ3v) is 6.75. The van der Waals surface area contributed by atoms with Crippen molar-refractivity contribution in [1.29, 1.82) is 0 Å². The number of carbonyl (C=O) groups excluding carboxylic acids is 1. The molecule has 3 atom stereocenters. The first-order valence-corrected chi connectivity index (χ1v) is 9.28. The van der Waals surface area contributed by atoms with Crippen LogP contribution in [0.25, 0.3) is 0 Å². The van der Waals surface area contributed by atoms with Crippen LogP contribution in [0.2, 0.25) is 5.02 Å². The van der Waals surface area contributed by atoms with Crippen molar-refractivity contribution < 1.29 is 17.9 Å². The number of benzene rings is 1. The van der Waals surface area contributed by atoms with Crippen molar-refractivity contribution in [2.45, 2.75) is 25.0 Å². The molecule has 22 heavy (non-hydrogen) atoms. The van der Waals surface area contributed by atoms with E-state index in [0.717, 1.165) is 0 Å². The zero-order chi connectivity index (χ0) is 16.5. The topological polar surface area (TPSA) is 86.5 Å². The second-order valence-electron chi connectivity index (χ2n) is 5.37. The molecule has 2 N–H and O–H groups in total. The summed E-state index contributed by atoms with van der Waals surface area (Å²) in [4.78, 5) is 12.4. The molecule has 7 heteroatoms. The summed E-state index contributed by atoms with van der Waals surface area (Å²) in [5, 5.41) is -0.362. The molecule has 0 spiro atoms. The van der Waals surface area contributed by atoms with E-state index in [4.69, 9.17) is 22.1 Å². The number of halogens is 1. The zero-order valence-corrected chi connectivity index (χ0v) is 14.2. The Bertz CT molecular complexity index is 676. The van der Waals surface area contributed by atoms with E-state index in [2.05, 4.69) is 0 Å². The molecular formula is C15H20ClNO4S. The molecule has 2 rings (SSSR count). The summed E-state index contributed by atoms with van der Waals surface area (Å²) in [7, 11) is -3.44. The van der Waals surface area contributed by atoms with Gasteiger partial charge in [-0.15, -0.1) is 0 Å². The van der Waals surface area contributed by atoms with Gasteiger partial charge in [-0.25, -0.2) is 8.42 Å². The van der Waals surface area contributed by atoms with Crippen LogP contribution in [0.15, 0.2) is 24.3 Å². The SMILES string of the molecule is CCOC(=O)C1(CN)C(c2cccc(Cl)c2)C1S(=O)(=O)CC. The van der Waals surface area contributed by atoms with Gasteiger partial charge in [0.25, 0.3) is 0 Å². The van der Waals surface area contributed by atoms with Gasteiger partial charge in [0.05, 0.1) is 11.9 Å². The summed E-state index contributed by atoms with van der Waals surface area (Å²) < 4.78 is 29.9. The summed E-state index contributed by atoms with van der Waals surface area (Å²) in [6.45, 7) is 3.35. The van der Waals surface area contributed by atoms with Crippen molar-refractivity contribution in [3.05, 3.63) is 34.9 Å². The number of carbonyl (C=O) groups is 1. The van der Waals surface area contributed by atoms with Crippen LogP contribution in [-0.4, -0.2) is 38.5 Å². The Morgan fingerprint density at radius 1 is 1.41 bits per heavy atom. The molecule has 1 saturated carbocycles. The monoisotopic (exact) mass is 345 g/mol. The fourth-order valence-corrected chi connectivity index (χ4v) is 5.39. The molecule has 122 valence electrons. The third kappa shape index (κ3) is 2.64. The Kier molecular flexibility index (Phi) is 4.84. The highest BCUT2D eigenvalue weighted by Gasteiger charge is 2.75. The van der Waals surface area contributed by atoms with Gasteiger partial charge in [0, 0.05) is 23.2 Å². The highest BCUT2D eigenvalue weighted by atomic mass is 35.5. The van der Waals surface area contributed by atoms with E-state index in [0.29, 0.717) is 10.6 Å². The molecule has 0 amide bonds. The van der Waals surface area contributed by atoms with E-state index in [1.807, 2.05) is 0 Å². The van der Waals surface area contributed by atoms with Gasteiger partial charge in [-0.2, -0.15) is 0 Å². The Labute approximate surface area is 135 Å². The molecule has 3 unspecified atom stereocenters. The Hall–Kier alpha value is -1.11. The molecule has 0 saturated heterocycles. The molecule has 0 radical (unpaired) electrons. The summed E-state index contributed by atoms with van der Waals surface area (Å²) in [5.41, 5.74) is 5.30. The second-order valence-corrected chi connectivity index (χ2v) is 8.22. The van der Waals surface area contributed by atoms with Crippen molar-refractivity contribution in [2.24, 2.45) is 11.1 Å². The predicted molar refractivity (Wildman–Crippen MR) is 85.6 cm³/mol. The van der Waals surface area contributed by atoms with Gasteiger partial charge in [-0.3, -0.25) is 4.79 Å². The molecule has 0 aliphatic heterocycles. The maximum absolute atomic E-state index is 12.4. The van der Waals surface area contributed by atoms with Crippen LogP contribution in [-0.2, 0) is 19.4 Å². The lowest BCUT2D eigenvalue weighted by molar-refractivity contribution is -0.149. The normalized spacial score (nSPS) is 27.5. The quantitative estimate of drug-likeness (QED) is 0.794. The molecule has 1 aliphatic rings. The van der Waals surface area contributed by atoms with Crippen LogP contribution >= 0.6 is 11.6 Å². The molecule has 1 fully saturated rings. The van der Waals surface area contributed by atoms with E-state index >= 15 is 0 Å². The van der Waals surface area contributed by atoms with E-state index in [1.165, 1.54) is 0 Å². The zero-order valence-electron chi connectivity index (χ0n) is 12.6. The average molecular weight is 346 g/mol. The highest BCUT2D eigenvalue weighted by Crippen LogP contribution is 2.63. The molecule has 1 aliphatic carbocycles. The second kappa shape index (κ2) is 6.18. The fourth-order valence-electron chi connectivity index (χ4n) is 3.12. The highest BCUT2D eigenvalue weighted by molar-refractivity contribution is 7.92. The number of sulfone groups is 1. The van der Waals surface area contributed by atoms with Crippen LogP contribution in [0, 0.1) is 5.41 Å². The van der Waals surface area contributed by atoms with Crippen molar-refractivity contribution in [3.8, 4) is 0 Å². The van der Waals surface area contributed by atoms with Crippen molar-refractivity contribution in [1.82, 2.24) is 0 Å². The maximum atomic E-state index is 12.4.